The van der Waals surface area contributed by atoms with E-state index in [1.807, 2.05) is 24.3 Å². The van der Waals surface area contributed by atoms with Crippen LogP contribution in [-0.2, 0) is 6.54 Å². The van der Waals surface area contributed by atoms with Crippen LogP contribution in [0.25, 0.3) is 22.4 Å². The van der Waals surface area contributed by atoms with Crippen molar-refractivity contribution in [3.05, 3.63) is 48.3 Å². The Bertz CT molecular complexity index is 805. The lowest BCUT2D eigenvalue weighted by atomic mass is 10.1. The molecule has 0 radical (unpaired) electrons. The van der Waals surface area contributed by atoms with Gasteiger partial charge in [-0.05, 0) is 36.6 Å². The average Bonchev–Trinajstić information content (AvgIpc) is 2.82. The van der Waals surface area contributed by atoms with Gasteiger partial charge in [0.1, 0.15) is 11.6 Å². The van der Waals surface area contributed by atoms with Crippen molar-refractivity contribution in [2.24, 2.45) is 5.92 Å². The Balaban J connectivity index is 2.16. The lowest BCUT2D eigenvalue weighted by molar-refractivity contribution is 0.525. The van der Waals surface area contributed by atoms with Crippen LogP contribution in [0, 0.1) is 11.7 Å². The third kappa shape index (κ3) is 2.82. The van der Waals surface area contributed by atoms with Gasteiger partial charge in [0, 0.05) is 23.9 Å². The molecule has 114 valence electrons. The number of halogens is 1. The zero-order valence-electron chi connectivity index (χ0n) is 12.9. The molecule has 4 heteroatoms. The van der Waals surface area contributed by atoms with E-state index in [1.165, 1.54) is 12.1 Å². The van der Waals surface area contributed by atoms with Crippen molar-refractivity contribution in [1.82, 2.24) is 9.55 Å². The molecule has 0 bridgehead atoms. The molecule has 22 heavy (non-hydrogen) atoms. The number of fused-ring (bicyclic) bond motifs is 1. The fourth-order valence-electron chi connectivity index (χ4n) is 2.61. The highest BCUT2D eigenvalue weighted by molar-refractivity contribution is 5.81. The number of nitrogens with zero attached hydrogens (tertiary/aromatic N) is 2. The fourth-order valence-corrected chi connectivity index (χ4v) is 2.61. The average molecular weight is 297 g/mol. The molecule has 0 aliphatic rings. The van der Waals surface area contributed by atoms with Gasteiger partial charge in [0.15, 0.2) is 0 Å². The maximum atomic E-state index is 13.5. The second kappa shape index (κ2) is 5.79. The van der Waals surface area contributed by atoms with E-state index in [4.69, 9.17) is 5.73 Å². The zero-order valence-corrected chi connectivity index (χ0v) is 12.9. The summed E-state index contributed by atoms with van der Waals surface area (Å²) in [5.41, 5.74) is 9.19. The van der Waals surface area contributed by atoms with Crippen molar-refractivity contribution in [3.63, 3.8) is 0 Å². The molecule has 2 N–H and O–H groups in total. The largest absolute Gasteiger partial charge is 0.399 e. The number of imidazole rings is 1. The quantitative estimate of drug-likeness (QED) is 0.722. The van der Waals surface area contributed by atoms with Crippen LogP contribution in [0.3, 0.4) is 0 Å². The number of hydrogen-bond acceptors (Lipinski definition) is 2. The van der Waals surface area contributed by atoms with Gasteiger partial charge in [-0.2, -0.15) is 0 Å². The molecule has 0 amide bonds. The SMILES string of the molecule is CC(C)CCn1c(-c2cccc(N)c2)nc2cc(F)ccc21. The minimum absolute atomic E-state index is 0.264. The normalized spacial score (nSPS) is 11.5. The van der Waals surface area contributed by atoms with Crippen LogP contribution in [0.15, 0.2) is 42.5 Å². The summed E-state index contributed by atoms with van der Waals surface area (Å²) in [5.74, 6) is 1.17. The number of benzene rings is 2. The number of hydrogen-bond donors (Lipinski definition) is 1. The van der Waals surface area contributed by atoms with Crippen LogP contribution in [-0.4, -0.2) is 9.55 Å². The number of rotatable bonds is 4. The van der Waals surface area contributed by atoms with Crippen LogP contribution >= 0.6 is 0 Å². The number of aromatic nitrogens is 2. The molecule has 3 aromatic rings. The van der Waals surface area contributed by atoms with Gasteiger partial charge in [0.05, 0.1) is 11.0 Å². The predicted octanol–water partition coefficient (Wildman–Crippen LogP) is 4.47. The molecule has 0 spiro atoms. The molecule has 3 nitrogen and oxygen atoms in total. The molecule has 3 rings (SSSR count). The molecule has 0 fully saturated rings. The monoisotopic (exact) mass is 297 g/mol. The summed E-state index contributed by atoms with van der Waals surface area (Å²) in [6.45, 7) is 5.24. The van der Waals surface area contributed by atoms with Gasteiger partial charge in [0.25, 0.3) is 0 Å². The van der Waals surface area contributed by atoms with Gasteiger partial charge in [-0.1, -0.05) is 26.0 Å². The van der Waals surface area contributed by atoms with Gasteiger partial charge in [0.2, 0.25) is 0 Å². The van der Waals surface area contributed by atoms with Crippen molar-refractivity contribution in [2.75, 3.05) is 5.73 Å². The van der Waals surface area contributed by atoms with E-state index >= 15 is 0 Å². The Kier molecular flexibility index (Phi) is 3.84. The van der Waals surface area contributed by atoms with Crippen LogP contribution in [0.1, 0.15) is 20.3 Å². The zero-order chi connectivity index (χ0) is 15.7. The molecule has 0 unspecified atom stereocenters. The summed E-state index contributed by atoms with van der Waals surface area (Å²) in [7, 11) is 0. The highest BCUT2D eigenvalue weighted by Crippen LogP contribution is 2.27. The summed E-state index contributed by atoms with van der Waals surface area (Å²) in [6, 6.07) is 12.4. The Morgan fingerprint density at radius 2 is 2.00 bits per heavy atom. The van der Waals surface area contributed by atoms with Gasteiger partial charge >= 0.3 is 0 Å². The maximum Gasteiger partial charge on any atom is 0.141 e. The number of nitrogen functional groups attached to an aromatic ring is 1. The van der Waals surface area contributed by atoms with Crippen molar-refractivity contribution in [1.29, 1.82) is 0 Å². The van der Waals surface area contributed by atoms with Crippen molar-refractivity contribution in [2.45, 2.75) is 26.8 Å². The van der Waals surface area contributed by atoms with Gasteiger partial charge in [-0.25, -0.2) is 9.37 Å². The second-order valence-corrected chi connectivity index (χ2v) is 6.03. The van der Waals surface area contributed by atoms with Crippen LogP contribution in [0.5, 0.6) is 0 Å². The summed E-state index contributed by atoms with van der Waals surface area (Å²) < 4.78 is 15.6. The standard InChI is InChI=1S/C18H20FN3/c1-12(2)8-9-22-17-7-6-14(19)11-16(17)21-18(22)13-4-3-5-15(20)10-13/h3-7,10-12H,8-9,20H2,1-2H3. The first-order chi connectivity index (χ1) is 10.5. The van der Waals surface area contributed by atoms with Crippen molar-refractivity contribution in [3.8, 4) is 11.4 Å². The van der Waals surface area contributed by atoms with Crippen LogP contribution < -0.4 is 5.73 Å². The summed E-state index contributed by atoms with van der Waals surface area (Å²) in [4.78, 5) is 4.63. The van der Waals surface area contributed by atoms with E-state index in [0.29, 0.717) is 17.1 Å². The van der Waals surface area contributed by atoms with E-state index in [2.05, 4.69) is 23.4 Å². The Morgan fingerprint density at radius 3 is 2.73 bits per heavy atom. The molecule has 2 aromatic carbocycles. The molecular weight excluding hydrogens is 277 g/mol. The summed E-state index contributed by atoms with van der Waals surface area (Å²) >= 11 is 0. The van der Waals surface area contributed by atoms with E-state index in [1.54, 1.807) is 6.07 Å². The van der Waals surface area contributed by atoms with Gasteiger partial charge < -0.3 is 10.3 Å². The molecule has 0 saturated carbocycles. The third-order valence-electron chi connectivity index (χ3n) is 3.79. The lowest BCUT2D eigenvalue weighted by Crippen LogP contribution is -2.04. The van der Waals surface area contributed by atoms with E-state index < -0.39 is 0 Å². The Labute approximate surface area is 129 Å². The lowest BCUT2D eigenvalue weighted by Gasteiger charge is -2.11. The first-order valence-electron chi connectivity index (χ1n) is 7.56. The third-order valence-corrected chi connectivity index (χ3v) is 3.79. The Hall–Kier alpha value is -2.36. The highest BCUT2D eigenvalue weighted by atomic mass is 19.1. The van der Waals surface area contributed by atoms with Gasteiger partial charge in [-0.15, -0.1) is 0 Å². The molecule has 1 heterocycles. The minimum atomic E-state index is -0.264. The fraction of sp³-hybridized carbons (Fsp3) is 0.278. The first-order valence-corrected chi connectivity index (χ1v) is 7.56. The van der Waals surface area contributed by atoms with E-state index in [-0.39, 0.29) is 5.82 Å². The van der Waals surface area contributed by atoms with Crippen molar-refractivity contribution < 1.29 is 4.39 Å². The maximum absolute atomic E-state index is 13.5. The number of anilines is 1. The molecular formula is C18H20FN3. The number of aryl methyl sites for hydroxylation is 1. The molecule has 0 aliphatic carbocycles. The molecule has 0 saturated heterocycles. The summed E-state index contributed by atoms with van der Waals surface area (Å²) in [6.07, 6.45) is 1.04. The minimum Gasteiger partial charge on any atom is -0.399 e. The van der Waals surface area contributed by atoms with E-state index in [9.17, 15) is 4.39 Å². The molecule has 0 aliphatic heterocycles. The second-order valence-electron chi connectivity index (χ2n) is 6.03. The molecule has 1 aromatic heterocycles. The van der Waals surface area contributed by atoms with E-state index in [0.717, 1.165) is 29.9 Å². The van der Waals surface area contributed by atoms with Crippen LogP contribution in [0.2, 0.25) is 0 Å². The predicted molar refractivity (Wildman–Crippen MR) is 89.0 cm³/mol. The topological polar surface area (TPSA) is 43.8 Å². The highest BCUT2D eigenvalue weighted by Gasteiger charge is 2.13. The smallest absolute Gasteiger partial charge is 0.141 e. The molecule has 0 atom stereocenters. The number of nitrogens with two attached hydrogens (primary N) is 1. The van der Waals surface area contributed by atoms with Crippen molar-refractivity contribution >= 4 is 16.7 Å². The Morgan fingerprint density at radius 1 is 1.18 bits per heavy atom. The summed E-state index contributed by atoms with van der Waals surface area (Å²) in [5, 5.41) is 0. The van der Waals surface area contributed by atoms with Crippen LogP contribution in [0.4, 0.5) is 10.1 Å². The van der Waals surface area contributed by atoms with Gasteiger partial charge in [-0.3, -0.25) is 0 Å². The first kappa shape index (κ1) is 14.6.